The van der Waals surface area contributed by atoms with E-state index in [1.54, 1.807) is 27.9 Å². The maximum Gasteiger partial charge on any atom is 0.274 e. The number of aromatic nitrogens is 2. The van der Waals surface area contributed by atoms with Gasteiger partial charge in [0, 0.05) is 32.4 Å². The van der Waals surface area contributed by atoms with Gasteiger partial charge in [-0.2, -0.15) is 9.40 Å². The first-order chi connectivity index (χ1) is 14.4. The molecule has 156 valence electrons. The fourth-order valence-corrected chi connectivity index (χ4v) is 5.31. The Morgan fingerprint density at radius 3 is 2.30 bits per heavy atom. The Balaban J connectivity index is 1.44. The van der Waals surface area contributed by atoms with Crippen LogP contribution in [-0.4, -0.2) is 59.5 Å². The van der Waals surface area contributed by atoms with Crippen molar-refractivity contribution in [1.82, 2.24) is 19.0 Å². The Labute approximate surface area is 176 Å². The lowest BCUT2D eigenvalue weighted by atomic mass is 10.2. The summed E-state index contributed by atoms with van der Waals surface area (Å²) in [6.07, 6.45) is 1.75. The number of amides is 1. The highest BCUT2D eigenvalue weighted by Gasteiger charge is 2.31. The van der Waals surface area contributed by atoms with Crippen molar-refractivity contribution < 1.29 is 13.2 Å². The number of carbonyl (C=O) groups is 1. The number of piperazine rings is 1. The van der Waals surface area contributed by atoms with Crippen molar-refractivity contribution in [3.8, 4) is 5.69 Å². The minimum atomic E-state index is -3.58. The minimum Gasteiger partial charge on any atom is -0.335 e. The molecular formula is C22H24N4O3S. The van der Waals surface area contributed by atoms with Gasteiger partial charge in [-0.05, 0) is 43.7 Å². The van der Waals surface area contributed by atoms with Crippen LogP contribution in [0.1, 0.15) is 21.6 Å². The van der Waals surface area contributed by atoms with Crippen LogP contribution in [0.15, 0.2) is 65.7 Å². The third-order valence-corrected chi connectivity index (χ3v) is 7.36. The summed E-state index contributed by atoms with van der Waals surface area (Å²) in [5.41, 5.74) is 2.99. The van der Waals surface area contributed by atoms with E-state index in [9.17, 15) is 13.2 Å². The van der Waals surface area contributed by atoms with Crippen molar-refractivity contribution in [1.29, 1.82) is 0 Å². The van der Waals surface area contributed by atoms with Gasteiger partial charge in [0.05, 0.1) is 10.6 Å². The van der Waals surface area contributed by atoms with Gasteiger partial charge < -0.3 is 4.90 Å². The summed E-state index contributed by atoms with van der Waals surface area (Å²) in [6.45, 7) is 4.94. The quantitative estimate of drug-likeness (QED) is 0.645. The van der Waals surface area contributed by atoms with E-state index in [-0.39, 0.29) is 19.0 Å². The number of sulfonamides is 1. The summed E-state index contributed by atoms with van der Waals surface area (Å²) >= 11 is 0. The Hall–Kier alpha value is -2.97. The molecule has 3 aromatic rings. The molecule has 1 fully saturated rings. The summed E-state index contributed by atoms with van der Waals surface area (Å²) in [5, 5.41) is 4.38. The average Bonchev–Trinajstić information content (AvgIpc) is 3.24. The molecule has 1 saturated heterocycles. The van der Waals surface area contributed by atoms with Crippen molar-refractivity contribution in [2.45, 2.75) is 18.7 Å². The number of hydrogen-bond donors (Lipinski definition) is 0. The van der Waals surface area contributed by atoms with Crippen LogP contribution in [0.25, 0.3) is 5.69 Å². The van der Waals surface area contributed by atoms with Gasteiger partial charge in [-0.15, -0.1) is 0 Å². The molecule has 1 amide bonds. The van der Waals surface area contributed by atoms with E-state index in [1.807, 2.05) is 56.3 Å². The summed E-state index contributed by atoms with van der Waals surface area (Å²) in [7, 11) is -3.58. The fraction of sp³-hybridized carbons (Fsp3) is 0.273. The molecule has 2 aromatic carbocycles. The van der Waals surface area contributed by atoms with Gasteiger partial charge in [-0.25, -0.2) is 13.1 Å². The van der Waals surface area contributed by atoms with Gasteiger partial charge >= 0.3 is 0 Å². The average molecular weight is 425 g/mol. The van der Waals surface area contributed by atoms with E-state index in [1.165, 1.54) is 4.31 Å². The molecule has 0 aliphatic carbocycles. The van der Waals surface area contributed by atoms with Crippen molar-refractivity contribution in [3.63, 3.8) is 0 Å². The predicted molar refractivity (Wildman–Crippen MR) is 114 cm³/mol. The molecular weight excluding hydrogens is 400 g/mol. The van der Waals surface area contributed by atoms with Gasteiger partial charge in [0.2, 0.25) is 10.0 Å². The Morgan fingerprint density at radius 2 is 1.63 bits per heavy atom. The molecule has 7 nitrogen and oxygen atoms in total. The summed E-state index contributed by atoms with van der Waals surface area (Å²) in [4.78, 5) is 14.8. The molecule has 4 rings (SSSR count). The molecule has 0 spiro atoms. The highest BCUT2D eigenvalue weighted by Crippen LogP contribution is 2.22. The van der Waals surface area contributed by atoms with Crippen LogP contribution in [0.4, 0.5) is 0 Å². The van der Waals surface area contributed by atoms with Crippen molar-refractivity contribution >= 4 is 15.9 Å². The zero-order valence-electron chi connectivity index (χ0n) is 17.0. The lowest BCUT2D eigenvalue weighted by molar-refractivity contribution is 0.0691. The van der Waals surface area contributed by atoms with Gasteiger partial charge in [-0.3, -0.25) is 4.79 Å². The zero-order chi connectivity index (χ0) is 21.3. The van der Waals surface area contributed by atoms with Crippen LogP contribution in [-0.2, 0) is 10.0 Å². The lowest BCUT2D eigenvalue weighted by Crippen LogP contribution is -2.50. The van der Waals surface area contributed by atoms with E-state index < -0.39 is 10.0 Å². The first-order valence-electron chi connectivity index (χ1n) is 9.84. The second-order valence-corrected chi connectivity index (χ2v) is 9.35. The molecule has 0 radical (unpaired) electrons. The van der Waals surface area contributed by atoms with Crippen LogP contribution in [0.2, 0.25) is 0 Å². The minimum absolute atomic E-state index is 0.187. The van der Waals surface area contributed by atoms with Crippen molar-refractivity contribution in [2.75, 3.05) is 26.2 Å². The first kappa shape index (κ1) is 20.3. The van der Waals surface area contributed by atoms with Crippen LogP contribution in [0.3, 0.4) is 0 Å². The largest absolute Gasteiger partial charge is 0.335 e. The first-order valence-corrected chi connectivity index (χ1v) is 11.3. The molecule has 0 atom stereocenters. The maximum absolute atomic E-state index is 13.0. The van der Waals surface area contributed by atoms with Gasteiger partial charge in [0.25, 0.3) is 5.91 Å². The summed E-state index contributed by atoms with van der Waals surface area (Å²) in [5.74, 6) is -0.187. The van der Waals surface area contributed by atoms with Gasteiger partial charge in [0.15, 0.2) is 5.69 Å². The number of carbonyl (C=O) groups excluding carboxylic acids is 1. The topological polar surface area (TPSA) is 75.5 Å². The van der Waals surface area contributed by atoms with Crippen LogP contribution >= 0.6 is 0 Å². The molecule has 0 saturated carbocycles. The van der Waals surface area contributed by atoms with Gasteiger partial charge in [-0.1, -0.05) is 35.9 Å². The summed E-state index contributed by atoms with van der Waals surface area (Å²) in [6, 6.07) is 16.6. The number of hydrogen-bond acceptors (Lipinski definition) is 4. The standard InChI is InChI=1S/C22H24N4O3S/c1-17-8-9-21(18(2)16-17)30(28,29)25-14-12-24(13-15-25)22(27)20-10-11-26(23-20)19-6-4-3-5-7-19/h3-11,16H,12-15H2,1-2H3. The number of para-hydroxylation sites is 1. The molecule has 1 aromatic heterocycles. The zero-order valence-corrected chi connectivity index (χ0v) is 17.8. The summed E-state index contributed by atoms with van der Waals surface area (Å²) < 4.78 is 29.2. The number of nitrogens with zero attached hydrogens (tertiary/aromatic N) is 4. The third-order valence-electron chi connectivity index (χ3n) is 5.30. The monoisotopic (exact) mass is 424 g/mol. The smallest absolute Gasteiger partial charge is 0.274 e. The molecule has 2 heterocycles. The number of benzene rings is 2. The van der Waals surface area contributed by atoms with Crippen LogP contribution < -0.4 is 0 Å². The normalized spacial score (nSPS) is 15.3. The molecule has 0 bridgehead atoms. The lowest BCUT2D eigenvalue weighted by Gasteiger charge is -2.34. The molecule has 30 heavy (non-hydrogen) atoms. The fourth-order valence-electron chi connectivity index (χ4n) is 3.68. The van der Waals surface area contributed by atoms with Gasteiger partial charge in [0.1, 0.15) is 0 Å². The van der Waals surface area contributed by atoms with E-state index in [0.29, 0.717) is 23.7 Å². The van der Waals surface area contributed by atoms with E-state index in [4.69, 9.17) is 0 Å². The van der Waals surface area contributed by atoms with Crippen LogP contribution in [0, 0.1) is 13.8 Å². The third kappa shape index (κ3) is 3.88. The second-order valence-electron chi connectivity index (χ2n) is 7.45. The predicted octanol–water partition coefficient (Wildman–Crippen LogP) is 2.64. The Kier molecular flexibility index (Phi) is 5.44. The molecule has 8 heteroatoms. The molecule has 0 N–H and O–H groups in total. The van der Waals surface area contributed by atoms with E-state index in [0.717, 1.165) is 16.8 Å². The van der Waals surface area contributed by atoms with Crippen molar-refractivity contribution in [3.05, 3.63) is 77.6 Å². The van der Waals surface area contributed by atoms with Crippen molar-refractivity contribution in [2.24, 2.45) is 0 Å². The highest BCUT2D eigenvalue weighted by molar-refractivity contribution is 7.89. The Morgan fingerprint density at radius 1 is 0.933 bits per heavy atom. The SMILES string of the molecule is Cc1ccc(S(=O)(=O)N2CCN(C(=O)c3ccn(-c4ccccc4)n3)CC2)c(C)c1. The molecule has 1 aliphatic heterocycles. The molecule has 1 aliphatic rings. The second kappa shape index (κ2) is 8.04. The number of rotatable bonds is 4. The van der Waals surface area contributed by atoms with E-state index >= 15 is 0 Å². The highest BCUT2D eigenvalue weighted by atomic mass is 32.2. The Bertz CT molecular complexity index is 1160. The molecule has 0 unspecified atom stereocenters. The maximum atomic E-state index is 13.0. The van der Waals surface area contributed by atoms with E-state index in [2.05, 4.69) is 5.10 Å². The van der Waals surface area contributed by atoms with Crippen LogP contribution in [0.5, 0.6) is 0 Å². The number of aryl methyl sites for hydroxylation is 2.